The number of anilines is 1. The van der Waals surface area contributed by atoms with Crippen molar-refractivity contribution in [1.29, 1.82) is 0 Å². The van der Waals surface area contributed by atoms with Gasteiger partial charge in [0.05, 0.1) is 13.1 Å². The first-order chi connectivity index (χ1) is 8.74. The highest BCUT2D eigenvalue weighted by atomic mass is 16.2. The SMILES string of the molecule is Cc1cccc(NC(=O)C[NH+]2CCCCCC2)c1. The van der Waals surface area contributed by atoms with Crippen molar-refractivity contribution in [3.05, 3.63) is 29.8 Å². The van der Waals surface area contributed by atoms with Crippen LogP contribution in [0, 0.1) is 6.92 Å². The summed E-state index contributed by atoms with van der Waals surface area (Å²) >= 11 is 0. The molecule has 0 bridgehead atoms. The predicted octanol–water partition coefficient (Wildman–Crippen LogP) is 1.39. The summed E-state index contributed by atoms with van der Waals surface area (Å²) in [6.45, 7) is 4.92. The number of amides is 1. The maximum absolute atomic E-state index is 12.0. The molecule has 3 nitrogen and oxygen atoms in total. The summed E-state index contributed by atoms with van der Waals surface area (Å²) in [4.78, 5) is 13.4. The normalized spacial score (nSPS) is 17.2. The summed E-state index contributed by atoms with van der Waals surface area (Å²) in [7, 11) is 0. The van der Waals surface area contributed by atoms with Gasteiger partial charge in [0.2, 0.25) is 0 Å². The van der Waals surface area contributed by atoms with E-state index < -0.39 is 0 Å². The molecule has 1 aromatic carbocycles. The Morgan fingerprint density at radius 1 is 1.22 bits per heavy atom. The number of aryl methyl sites for hydroxylation is 1. The van der Waals surface area contributed by atoms with Crippen LogP contribution in [-0.4, -0.2) is 25.5 Å². The highest BCUT2D eigenvalue weighted by Crippen LogP contribution is 2.08. The zero-order chi connectivity index (χ0) is 12.8. The summed E-state index contributed by atoms with van der Waals surface area (Å²) in [5, 5.41) is 2.99. The monoisotopic (exact) mass is 247 g/mol. The van der Waals surface area contributed by atoms with Crippen molar-refractivity contribution < 1.29 is 9.69 Å². The minimum Gasteiger partial charge on any atom is -0.327 e. The number of rotatable bonds is 3. The van der Waals surface area contributed by atoms with E-state index >= 15 is 0 Å². The van der Waals surface area contributed by atoms with Crippen molar-refractivity contribution in [3.63, 3.8) is 0 Å². The first-order valence-corrected chi connectivity index (χ1v) is 6.94. The van der Waals surface area contributed by atoms with Crippen LogP contribution in [0.5, 0.6) is 0 Å². The smallest absolute Gasteiger partial charge is 0.279 e. The molecule has 0 unspecified atom stereocenters. The van der Waals surface area contributed by atoms with Crippen LogP contribution in [-0.2, 0) is 4.79 Å². The summed E-state index contributed by atoms with van der Waals surface area (Å²) in [5.41, 5.74) is 2.09. The maximum atomic E-state index is 12.0. The molecule has 0 spiro atoms. The molecule has 1 heterocycles. The molecule has 1 aliphatic heterocycles. The van der Waals surface area contributed by atoms with Gasteiger partial charge in [0.25, 0.3) is 5.91 Å². The van der Waals surface area contributed by atoms with E-state index in [1.54, 1.807) is 0 Å². The Hall–Kier alpha value is -1.35. The molecule has 2 rings (SSSR count). The fourth-order valence-electron chi connectivity index (χ4n) is 2.56. The van der Waals surface area contributed by atoms with E-state index in [4.69, 9.17) is 0 Å². The standard InChI is InChI=1S/C15H22N2O/c1-13-7-6-8-14(11-13)16-15(18)12-17-9-4-2-3-5-10-17/h6-8,11H,2-5,9-10,12H2,1H3,(H,16,18)/p+1. The van der Waals surface area contributed by atoms with Crippen LogP contribution < -0.4 is 10.2 Å². The summed E-state index contributed by atoms with van der Waals surface area (Å²) in [5.74, 6) is 0.137. The molecule has 3 heteroatoms. The Morgan fingerprint density at radius 2 is 1.94 bits per heavy atom. The van der Waals surface area contributed by atoms with Gasteiger partial charge in [0.15, 0.2) is 6.54 Å². The largest absolute Gasteiger partial charge is 0.327 e. The lowest BCUT2D eigenvalue weighted by molar-refractivity contribution is -0.890. The highest BCUT2D eigenvalue weighted by Gasteiger charge is 2.16. The zero-order valence-electron chi connectivity index (χ0n) is 11.2. The molecule has 0 atom stereocenters. The molecular formula is C15H23N2O+. The van der Waals surface area contributed by atoms with E-state index in [9.17, 15) is 4.79 Å². The highest BCUT2D eigenvalue weighted by molar-refractivity contribution is 5.91. The number of nitrogens with one attached hydrogen (secondary N) is 2. The molecule has 1 aliphatic rings. The van der Waals surface area contributed by atoms with Crippen molar-refractivity contribution in [3.8, 4) is 0 Å². The molecule has 2 N–H and O–H groups in total. The lowest BCUT2D eigenvalue weighted by atomic mass is 10.2. The topological polar surface area (TPSA) is 33.5 Å². The van der Waals surface area contributed by atoms with E-state index in [1.165, 1.54) is 36.1 Å². The Bertz CT molecular complexity index is 395. The van der Waals surface area contributed by atoms with Gasteiger partial charge in [-0.3, -0.25) is 4.79 Å². The molecule has 1 aromatic rings. The van der Waals surface area contributed by atoms with E-state index in [0.29, 0.717) is 6.54 Å². The van der Waals surface area contributed by atoms with Crippen molar-refractivity contribution in [2.45, 2.75) is 32.6 Å². The van der Waals surface area contributed by atoms with Gasteiger partial charge in [0, 0.05) is 5.69 Å². The van der Waals surface area contributed by atoms with Crippen molar-refractivity contribution >= 4 is 11.6 Å². The molecule has 18 heavy (non-hydrogen) atoms. The van der Waals surface area contributed by atoms with Crippen LogP contribution in [0.4, 0.5) is 5.69 Å². The quantitative estimate of drug-likeness (QED) is 0.831. The Morgan fingerprint density at radius 3 is 2.61 bits per heavy atom. The second-order valence-corrected chi connectivity index (χ2v) is 5.26. The Kier molecular flexibility index (Phi) is 4.76. The Balaban J connectivity index is 1.84. The third kappa shape index (κ3) is 4.15. The van der Waals surface area contributed by atoms with Gasteiger partial charge in [-0.1, -0.05) is 12.1 Å². The molecular weight excluding hydrogens is 224 g/mol. The van der Waals surface area contributed by atoms with Crippen LogP contribution in [0.2, 0.25) is 0 Å². The lowest BCUT2D eigenvalue weighted by Gasteiger charge is -2.16. The zero-order valence-corrected chi connectivity index (χ0v) is 11.2. The first kappa shape index (κ1) is 13.1. The first-order valence-electron chi connectivity index (χ1n) is 6.94. The van der Waals surface area contributed by atoms with E-state index in [1.807, 2.05) is 31.2 Å². The molecule has 0 saturated carbocycles. The van der Waals surface area contributed by atoms with Crippen molar-refractivity contribution in [2.24, 2.45) is 0 Å². The molecule has 98 valence electrons. The van der Waals surface area contributed by atoms with E-state index in [2.05, 4.69) is 5.32 Å². The van der Waals surface area contributed by atoms with Crippen molar-refractivity contribution in [2.75, 3.05) is 25.0 Å². The number of carbonyl (C=O) groups excluding carboxylic acids is 1. The minimum atomic E-state index is 0.137. The second-order valence-electron chi connectivity index (χ2n) is 5.26. The average Bonchev–Trinajstić information content (AvgIpc) is 2.57. The van der Waals surface area contributed by atoms with Gasteiger partial charge in [-0.25, -0.2) is 0 Å². The molecule has 0 aromatic heterocycles. The molecule has 1 amide bonds. The molecule has 1 saturated heterocycles. The van der Waals surface area contributed by atoms with Gasteiger partial charge in [-0.05, 0) is 50.3 Å². The summed E-state index contributed by atoms with van der Waals surface area (Å²) < 4.78 is 0. The number of hydrogen-bond acceptors (Lipinski definition) is 1. The fraction of sp³-hybridized carbons (Fsp3) is 0.533. The maximum Gasteiger partial charge on any atom is 0.279 e. The lowest BCUT2D eigenvalue weighted by Crippen LogP contribution is -3.12. The second kappa shape index (κ2) is 6.55. The van der Waals surface area contributed by atoms with Crippen LogP contribution in [0.1, 0.15) is 31.2 Å². The molecule has 0 radical (unpaired) electrons. The summed E-state index contributed by atoms with van der Waals surface area (Å²) in [6.07, 6.45) is 5.16. The van der Waals surface area contributed by atoms with E-state index in [-0.39, 0.29) is 5.91 Å². The number of hydrogen-bond donors (Lipinski definition) is 2. The van der Waals surface area contributed by atoms with Gasteiger partial charge >= 0.3 is 0 Å². The third-order valence-electron chi connectivity index (χ3n) is 3.52. The van der Waals surface area contributed by atoms with Crippen molar-refractivity contribution in [1.82, 2.24) is 0 Å². The van der Waals surface area contributed by atoms with Crippen LogP contribution in [0.15, 0.2) is 24.3 Å². The van der Waals surface area contributed by atoms with E-state index in [0.717, 1.165) is 18.8 Å². The number of benzene rings is 1. The minimum absolute atomic E-state index is 0.137. The number of likely N-dealkylation sites (tertiary alicyclic amines) is 1. The van der Waals surface area contributed by atoms with Gasteiger partial charge in [-0.2, -0.15) is 0 Å². The summed E-state index contributed by atoms with van der Waals surface area (Å²) in [6, 6.07) is 7.97. The number of carbonyl (C=O) groups is 1. The van der Waals surface area contributed by atoms with Crippen LogP contribution in [0.3, 0.4) is 0 Å². The van der Waals surface area contributed by atoms with Gasteiger partial charge < -0.3 is 10.2 Å². The average molecular weight is 247 g/mol. The third-order valence-corrected chi connectivity index (χ3v) is 3.52. The fourth-order valence-corrected chi connectivity index (χ4v) is 2.56. The molecule has 0 aliphatic carbocycles. The van der Waals surface area contributed by atoms with Crippen LogP contribution >= 0.6 is 0 Å². The predicted molar refractivity (Wildman–Crippen MR) is 73.8 cm³/mol. The number of quaternary nitrogens is 1. The van der Waals surface area contributed by atoms with Crippen LogP contribution in [0.25, 0.3) is 0 Å². The van der Waals surface area contributed by atoms with Gasteiger partial charge in [-0.15, -0.1) is 0 Å². The Labute approximate surface area is 109 Å². The molecule has 1 fully saturated rings. The van der Waals surface area contributed by atoms with Gasteiger partial charge in [0.1, 0.15) is 0 Å².